The molecule has 1 aromatic heterocycles. The molecule has 5 heteroatoms. The molecular formula is C24H31N3O2. The molecule has 1 aliphatic rings. The van der Waals surface area contributed by atoms with Crippen molar-refractivity contribution in [3.63, 3.8) is 0 Å². The maximum Gasteiger partial charge on any atom is 0.227 e. The lowest BCUT2D eigenvalue weighted by molar-refractivity contribution is -0.132. The smallest absolute Gasteiger partial charge is 0.227 e. The summed E-state index contributed by atoms with van der Waals surface area (Å²) in [6, 6.07) is 10.0. The van der Waals surface area contributed by atoms with Crippen molar-refractivity contribution in [2.75, 3.05) is 32.7 Å². The van der Waals surface area contributed by atoms with Crippen LogP contribution < -0.4 is 0 Å². The molecular weight excluding hydrogens is 362 g/mol. The summed E-state index contributed by atoms with van der Waals surface area (Å²) in [4.78, 5) is 29.6. The maximum absolute atomic E-state index is 12.8. The normalized spacial score (nSPS) is 14.8. The van der Waals surface area contributed by atoms with Crippen LogP contribution in [-0.4, -0.2) is 58.8 Å². The third kappa shape index (κ3) is 4.85. The van der Waals surface area contributed by atoms with Crippen LogP contribution in [0.25, 0.3) is 0 Å². The summed E-state index contributed by atoms with van der Waals surface area (Å²) < 4.78 is 2.11. The Labute approximate surface area is 173 Å². The van der Waals surface area contributed by atoms with Gasteiger partial charge in [0, 0.05) is 49.7 Å². The van der Waals surface area contributed by atoms with E-state index in [4.69, 9.17) is 0 Å². The topological polar surface area (TPSA) is 45.6 Å². The van der Waals surface area contributed by atoms with Gasteiger partial charge in [-0.2, -0.15) is 0 Å². The van der Waals surface area contributed by atoms with Gasteiger partial charge in [-0.15, -0.1) is 6.58 Å². The van der Waals surface area contributed by atoms with E-state index in [0.29, 0.717) is 32.6 Å². The molecule has 0 unspecified atom stereocenters. The number of carbonyl (C=O) groups is 2. The van der Waals surface area contributed by atoms with Crippen LogP contribution in [0.2, 0.25) is 0 Å². The predicted molar refractivity (Wildman–Crippen MR) is 116 cm³/mol. The van der Waals surface area contributed by atoms with Gasteiger partial charge in [-0.25, -0.2) is 0 Å². The largest absolute Gasteiger partial charge is 0.345 e. The highest BCUT2D eigenvalue weighted by Gasteiger charge is 2.24. The van der Waals surface area contributed by atoms with E-state index in [0.717, 1.165) is 41.2 Å². The van der Waals surface area contributed by atoms with E-state index >= 15 is 0 Å². The summed E-state index contributed by atoms with van der Waals surface area (Å²) in [5.41, 5.74) is 5.11. The fourth-order valence-electron chi connectivity index (χ4n) is 4.02. The Morgan fingerprint density at radius 3 is 2.41 bits per heavy atom. The van der Waals surface area contributed by atoms with Crippen molar-refractivity contribution in [1.29, 1.82) is 0 Å². The van der Waals surface area contributed by atoms with Gasteiger partial charge in [-0.1, -0.05) is 30.3 Å². The molecule has 0 N–H and O–H groups in total. The predicted octanol–water partition coefficient (Wildman–Crippen LogP) is 3.17. The first-order valence-electron chi connectivity index (χ1n) is 10.3. The zero-order chi connectivity index (χ0) is 21.0. The molecule has 0 radical (unpaired) electrons. The Bertz CT molecular complexity index is 905. The minimum atomic E-state index is 0.146. The summed E-state index contributed by atoms with van der Waals surface area (Å²) in [6.45, 7) is 13.8. The van der Waals surface area contributed by atoms with Crippen LogP contribution in [0.3, 0.4) is 0 Å². The highest BCUT2D eigenvalue weighted by atomic mass is 16.2. The third-order valence-electron chi connectivity index (χ3n) is 5.88. The van der Waals surface area contributed by atoms with Crippen LogP contribution in [0.5, 0.6) is 0 Å². The van der Waals surface area contributed by atoms with Crippen LogP contribution in [0.4, 0.5) is 0 Å². The molecule has 1 aromatic carbocycles. The van der Waals surface area contributed by atoms with E-state index in [1.165, 1.54) is 0 Å². The molecule has 2 heterocycles. The number of hydrogen-bond donors (Lipinski definition) is 0. The molecule has 0 atom stereocenters. The highest BCUT2D eigenvalue weighted by molar-refractivity contribution is 5.99. The molecule has 0 aliphatic carbocycles. The van der Waals surface area contributed by atoms with Crippen molar-refractivity contribution in [1.82, 2.24) is 14.4 Å². The van der Waals surface area contributed by atoms with Gasteiger partial charge in [0.25, 0.3) is 0 Å². The van der Waals surface area contributed by atoms with E-state index in [2.05, 4.69) is 16.0 Å². The quantitative estimate of drug-likeness (QED) is 0.536. The summed E-state index contributed by atoms with van der Waals surface area (Å²) in [5.74, 6) is 0.311. The van der Waals surface area contributed by atoms with Gasteiger partial charge in [0.05, 0.1) is 13.0 Å². The van der Waals surface area contributed by atoms with Gasteiger partial charge in [-0.3, -0.25) is 14.5 Å². The first-order valence-corrected chi connectivity index (χ1v) is 10.3. The fourth-order valence-corrected chi connectivity index (χ4v) is 4.02. The van der Waals surface area contributed by atoms with E-state index in [1.807, 2.05) is 62.1 Å². The van der Waals surface area contributed by atoms with E-state index in [1.54, 1.807) is 0 Å². The van der Waals surface area contributed by atoms with Crippen molar-refractivity contribution in [3.8, 4) is 0 Å². The Balaban J connectivity index is 1.54. The number of Topliss-reactive ketones (excluding diaryl/α,β-unsaturated/α-hetero) is 1. The van der Waals surface area contributed by atoms with Crippen molar-refractivity contribution in [3.05, 3.63) is 71.1 Å². The second kappa shape index (κ2) is 9.23. The van der Waals surface area contributed by atoms with Crippen molar-refractivity contribution < 1.29 is 9.59 Å². The maximum atomic E-state index is 12.8. The molecule has 1 aliphatic heterocycles. The summed E-state index contributed by atoms with van der Waals surface area (Å²) >= 11 is 0. The standard InChI is InChI=1S/C24H31N3O2/c1-5-10-27-19(3)15-22(20(27)4)23(28)17-25-11-13-26(14-12-25)24(29)16-21-9-7-6-8-18(21)2/h5-9,15H,1,10-14,16-17H2,2-4H3. The SMILES string of the molecule is C=CCn1c(C)cc(C(=O)CN2CCN(C(=O)Cc3ccccc3C)CC2)c1C. The lowest BCUT2D eigenvalue weighted by Gasteiger charge is -2.34. The van der Waals surface area contributed by atoms with Gasteiger partial charge in [-0.05, 0) is 38.0 Å². The van der Waals surface area contributed by atoms with Crippen LogP contribution in [0, 0.1) is 20.8 Å². The number of hydrogen-bond acceptors (Lipinski definition) is 3. The highest BCUT2D eigenvalue weighted by Crippen LogP contribution is 2.17. The average Bonchev–Trinajstić information content (AvgIpc) is 2.99. The van der Waals surface area contributed by atoms with Crippen molar-refractivity contribution in [2.45, 2.75) is 33.7 Å². The first kappa shape index (κ1) is 21.1. The van der Waals surface area contributed by atoms with E-state index in [9.17, 15) is 9.59 Å². The molecule has 0 bridgehead atoms. The van der Waals surface area contributed by atoms with E-state index < -0.39 is 0 Å². The molecule has 1 saturated heterocycles. The zero-order valence-corrected chi connectivity index (χ0v) is 17.8. The Kier molecular flexibility index (Phi) is 6.70. The van der Waals surface area contributed by atoms with Gasteiger partial charge in [0.1, 0.15) is 0 Å². The third-order valence-corrected chi connectivity index (χ3v) is 5.88. The summed E-state index contributed by atoms with van der Waals surface area (Å²) in [5, 5.41) is 0. The minimum absolute atomic E-state index is 0.146. The number of benzene rings is 1. The molecule has 29 heavy (non-hydrogen) atoms. The van der Waals surface area contributed by atoms with Gasteiger partial charge < -0.3 is 9.47 Å². The Hall–Kier alpha value is -2.66. The van der Waals surface area contributed by atoms with Gasteiger partial charge >= 0.3 is 0 Å². The van der Waals surface area contributed by atoms with Crippen LogP contribution in [-0.2, 0) is 17.8 Å². The number of amides is 1. The molecule has 2 aromatic rings. The average molecular weight is 394 g/mol. The minimum Gasteiger partial charge on any atom is -0.345 e. The van der Waals surface area contributed by atoms with Crippen molar-refractivity contribution in [2.24, 2.45) is 0 Å². The molecule has 0 spiro atoms. The van der Waals surface area contributed by atoms with Gasteiger partial charge in [0.2, 0.25) is 5.91 Å². The zero-order valence-electron chi connectivity index (χ0n) is 17.8. The summed E-state index contributed by atoms with van der Waals surface area (Å²) in [6.07, 6.45) is 2.29. The lowest BCUT2D eigenvalue weighted by Crippen LogP contribution is -2.50. The molecule has 1 fully saturated rings. The summed E-state index contributed by atoms with van der Waals surface area (Å²) in [7, 11) is 0. The molecule has 0 saturated carbocycles. The number of ketones is 1. The Morgan fingerprint density at radius 1 is 1.07 bits per heavy atom. The number of rotatable bonds is 7. The number of piperazine rings is 1. The number of nitrogens with zero attached hydrogens (tertiary/aromatic N) is 3. The number of carbonyl (C=O) groups excluding carboxylic acids is 2. The second-order valence-corrected chi connectivity index (χ2v) is 7.87. The molecule has 154 valence electrons. The fraction of sp³-hybridized carbons (Fsp3) is 0.417. The number of allylic oxidation sites excluding steroid dienone is 1. The molecule has 1 amide bonds. The molecule has 5 nitrogen and oxygen atoms in total. The van der Waals surface area contributed by atoms with Crippen LogP contribution in [0.1, 0.15) is 32.9 Å². The van der Waals surface area contributed by atoms with Gasteiger partial charge in [0.15, 0.2) is 5.78 Å². The van der Waals surface area contributed by atoms with E-state index in [-0.39, 0.29) is 11.7 Å². The van der Waals surface area contributed by atoms with Crippen LogP contribution in [0.15, 0.2) is 43.0 Å². The van der Waals surface area contributed by atoms with Crippen molar-refractivity contribution >= 4 is 11.7 Å². The number of aromatic nitrogens is 1. The lowest BCUT2D eigenvalue weighted by atomic mass is 10.1. The van der Waals surface area contributed by atoms with Crippen LogP contribution >= 0.6 is 0 Å². The monoisotopic (exact) mass is 393 g/mol. The molecule has 3 rings (SSSR count). The second-order valence-electron chi connectivity index (χ2n) is 7.87. The first-order chi connectivity index (χ1) is 13.9. The Morgan fingerprint density at radius 2 is 1.76 bits per heavy atom. The number of aryl methyl sites for hydroxylation is 2.